The van der Waals surface area contributed by atoms with Crippen LogP contribution in [0.5, 0.6) is 5.75 Å². The van der Waals surface area contributed by atoms with Crippen molar-refractivity contribution >= 4 is 28.9 Å². The number of nitrogens with zero attached hydrogens (tertiary/aromatic N) is 4. The minimum absolute atomic E-state index is 0.545. The molecule has 2 aromatic heterocycles. The summed E-state index contributed by atoms with van der Waals surface area (Å²) in [4.78, 5) is 7.05. The van der Waals surface area contributed by atoms with Crippen molar-refractivity contribution in [1.82, 2.24) is 19.5 Å². The van der Waals surface area contributed by atoms with E-state index in [0.29, 0.717) is 17.6 Å². The first kappa shape index (κ1) is 19.8. The van der Waals surface area contributed by atoms with E-state index in [1.807, 2.05) is 71.2 Å². The molecule has 0 radical (unpaired) electrons. The summed E-state index contributed by atoms with van der Waals surface area (Å²) in [6.45, 7) is 4.09. The highest BCUT2D eigenvalue weighted by Gasteiger charge is 2.11. The third-order valence-corrected chi connectivity index (χ3v) is 5.74. The maximum absolute atomic E-state index is 6.02. The fraction of sp³-hybridized carbons (Fsp3) is 0.250. The second-order valence-corrected chi connectivity index (χ2v) is 8.11. The van der Waals surface area contributed by atoms with Gasteiger partial charge in [0, 0.05) is 22.8 Å². The average molecular weight is 434 g/mol. The summed E-state index contributed by atoms with van der Waals surface area (Å²) in [5.41, 5.74) is 3.67. The van der Waals surface area contributed by atoms with Gasteiger partial charge in [0.05, 0.1) is 5.69 Å². The van der Waals surface area contributed by atoms with Crippen molar-refractivity contribution in [3.8, 4) is 17.0 Å². The molecule has 4 aromatic rings. The number of anilines is 2. The van der Waals surface area contributed by atoms with Gasteiger partial charge in [0.1, 0.15) is 12.4 Å². The number of nitrogens with one attached hydrogen (secondary N) is 1. The molecule has 0 unspecified atom stereocenters. The smallest absolute Gasteiger partial charge is 0.247 e. The van der Waals surface area contributed by atoms with Crippen molar-refractivity contribution < 1.29 is 4.74 Å². The summed E-state index contributed by atoms with van der Waals surface area (Å²) < 4.78 is 7.71. The largest absolute Gasteiger partial charge is 0.492 e. The monoisotopic (exact) mass is 433 g/mol. The molecule has 158 valence electrons. The second kappa shape index (κ2) is 8.96. The molecule has 31 heavy (non-hydrogen) atoms. The normalized spacial score (nSPS) is 14.2. The Bertz CT molecular complexity index is 1150. The number of fused-ring (bicyclic) bond motifs is 1. The van der Waals surface area contributed by atoms with E-state index in [0.717, 1.165) is 34.9 Å². The minimum atomic E-state index is 0.545. The molecule has 1 saturated heterocycles. The first-order valence-corrected chi connectivity index (χ1v) is 11.0. The summed E-state index contributed by atoms with van der Waals surface area (Å²) in [7, 11) is 0. The summed E-state index contributed by atoms with van der Waals surface area (Å²) in [6.07, 6.45) is 2.61. The topological polar surface area (TPSA) is 54.7 Å². The maximum Gasteiger partial charge on any atom is 0.247 e. The highest BCUT2D eigenvalue weighted by Crippen LogP contribution is 2.24. The summed E-state index contributed by atoms with van der Waals surface area (Å²) >= 11 is 6.02. The lowest BCUT2D eigenvalue weighted by molar-refractivity contribution is 0.238. The molecule has 1 N–H and O–H groups in total. The van der Waals surface area contributed by atoms with E-state index in [9.17, 15) is 0 Å². The molecule has 3 heterocycles. The van der Waals surface area contributed by atoms with E-state index in [-0.39, 0.29) is 0 Å². The van der Waals surface area contributed by atoms with Crippen molar-refractivity contribution in [3.05, 3.63) is 71.8 Å². The van der Waals surface area contributed by atoms with Crippen molar-refractivity contribution in [2.75, 3.05) is 31.6 Å². The summed E-state index contributed by atoms with van der Waals surface area (Å²) in [6, 6.07) is 21.6. The van der Waals surface area contributed by atoms with Gasteiger partial charge in [-0.25, -0.2) is 4.52 Å². The molecule has 0 amide bonds. The Kier molecular flexibility index (Phi) is 5.74. The standard InChI is InChI=1S/C24H24ClN5O/c25-19-8-6-18(7-9-19)22-4-3-5-23-27-24(28-30(22)23)26-20-10-12-21(13-11-20)31-17-16-29-14-1-2-15-29/h3-13H,1-2,14-17H2,(H,26,28). The molecule has 0 bridgehead atoms. The molecule has 7 heteroatoms. The quantitative estimate of drug-likeness (QED) is 0.430. The Morgan fingerprint density at radius 3 is 2.48 bits per heavy atom. The number of hydrogen-bond donors (Lipinski definition) is 1. The van der Waals surface area contributed by atoms with Crippen LogP contribution in [-0.2, 0) is 0 Å². The molecule has 2 aromatic carbocycles. The van der Waals surface area contributed by atoms with Crippen LogP contribution in [0.15, 0.2) is 66.7 Å². The number of likely N-dealkylation sites (tertiary alicyclic amines) is 1. The summed E-state index contributed by atoms with van der Waals surface area (Å²) in [5.74, 6) is 1.42. The predicted molar refractivity (Wildman–Crippen MR) is 124 cm³/mol. The third kappa shape index (κ3) is 4.65. The van der Waals surface area contributed by atoms with E-state index in [2.05, 4.69) is 20.3 Å². The van der Waals surface area contributed by atoms with Gasteiger partial charge in [-0.2, -0.15) is 4.98 Å². The van der Waals surface area contributed by atoms with Gasteiger partial charge in [0.2, 0.25) is 5.95 Å². The van der Waals surface area contributed by atoms with E-state index < -0.39 is 0 Å². The van der Waals surface area contributed by atoms with E-state index in [1.54, 1.807) is 0 Å². The summed E-state index contributed by atoms with van der Waals surface area (Å²) in [5, 5.41) is 8.64. The molecule has 5 rings (SSSR count). The van der Waals surface area contributed by atoms with Gasteiger partial charge in [0.25, 0.3) is 0 Å². The Labute approximate surface area is 186 Å². The lowest BCUT2D eigenvalue weighted by Crippen LogP contribution is -2.25. The zero-order valence-corrected chi connectivity index (χ0v) is 17.9. The number of rotatable bonds is 7. The molecule has 1 aliphatic rings. The number of hydrogen-bond acceptors (Lipinski definition) is 5. The number of ether oxygens (including phenoxy) is 1. The van der Waals surface area contributed by atoms with Gasteiger partial charge in [0.15, 0.2) is 5.65 Å². The molecule has 0 aliphatic carbocycles. The van der Waals surface area contributed by atoms with Gasteiger partial charge in [-0.05, 0) is 74.5 Å². The second-order valence-electron chi connectivity index (χ2n) is 7.67. The van der Waals surface area contributed by atoms with E-state index in [4.69, 9.17) is 16.3 Å². The number of benzene rings is 2. The lowest BCUT2D eigenvalue weighted by Gasteiger charge is -2.15. The Morgan fingerprint density at radius 2 is 1.71 bits per heavy atom. The Morgan fingerprint density at radius 1 is 0.935 bits per heavy atom. The van der Waals surface area contributed by atoms with E-state index in [1.165, 1.54) is 25.9 Å². The van der Waals surface area contributed by atoms with Crippen molar-refractivity contribution in [2.24, 2.45) is 0 Å². The Hall–Kier alpha value is -3.09. The third-order valence-electron chi connectivity index (χ3n) is 5.49. The van der Waals surface area contributed by atoms with Crippen LogP contribution in [0.3, 0.4) is 0 Å². The van der Waals surface area contributed by atoms with Gasteiger partial charge >= 0.3 is 0 Å². The fourth-order valence-corrected chi connectivity index (χ4v) is 3.99. The molecule has 6 nitrogen and oxygen atoms in total. The maximum atomic E-state index is 6.02. The van der Waals surface area contributed by atoms with Gasteiger partial charge in [-0.3, -0.25) is 4.90 Å². The van der Waals surface area contributed by atoms with Crippen LogP contribution in [0.2, 0.25) is 5.02 Å². The van der Waals surface area contributed by atoms with Crippen LogP contribution in [0.1, 0.15) is 12.8 Å². The molecular formula is C24H24ClN5O. The van der Waals surface area contributed by atoms with Gasteiger partial charge in [-0.15, -0.1) is 5.10 Å². The van der Waals surface area contributed by atoms with Crippen LogP contribution in [0.4, 0.5) is 11.6 Å². The lowest BCUT2D eigenvalue weighted by atomic mass is 10.1. The molecule has 1 aliphatic heterocycles. The first-order valence-electron chi connectivity index (χ1n) is 10.6. The van der Waals surface area contributed by atoms with Crippen molar-refractivity contribution in [1.29, 1.82) is 0 Å². The molecule has 1 fully saturated rings. The van der Waals surface area contributed by atoms with Gasteiger partial charge in [-0.1, -0.05) is 29.8 Å². The van der Waals surface area contributed by atoms with Crippen LogP contribution in [0.25, 0.3) is 16.9 Å². The van der Waals surface area contributed by atoms with Crippen molar-refractivity contribution in [2.45, 2.75) is 12.8 Å². The molecule has 0 atom stereocenters. The zero-order valence-electron chi connectivity index (χ0n) is 17.2. The van der Waals surface area contributed by atoms with Crippen LogP contribution in [-0.4, -0.2) is 45.7 Å². The molecule has 0 spiro atoms. The number of aromatic nitrogens is 3. The molecular weight excluding hydrogens is 410 g/mol. The average Bonchev–Trinajstić information content (AvgIpc) is 3.45. The molecule has 0 saturated carbocycles. The first-order chi connectivity index (χ1) is 15.2. The highest BCUT2D eigenvalue weighted by atomic mass is 35.5. The minimum Gasteiger partial charge on any atom is -0.492 e. The SMILES string of the molecule is Clc1ccc(-c2cccc3nc(Nc4ccc(OCCN5CCCC5)cc4)nn23)cc1. The number of halogens is 1. The number of pyridine rings is 1. The van der Waals surface area contributed by atoms with Gasteiger partial charge < -0.3 is 10.1 Å². The van der Waals surface area contributed by atoms with Crippen LogP contribution in [0, 0.1) is 0 Å². The zero-order chi connectivity index (χ0) is 21.0. The van der Waals surface area contributed by atoms with Crippen LogP contribution < -0.4 is 10.1 Å². The van der Waals surface area contributed by atoms with Crippen LogP contribution >= 0.6 is 11.6 Å². The Balaban J connectivity index is 1.27. The van der Waals surface area contributed by atoms with E-state index >= 15 is 0 Å². The van der Waals surface area contributed by atoms with Crippen molar-refractivity contribution in [3.63, 3.8) is 0 Å². The fourth-order valence-electron chi connectivity index (χ4n) is 3.86. The highest BCUT2D eigenvalue weighted by molar-refractivity contribution is 6.30. The predicted octanol–water partition coefficient (Wildman–Crippen LogP) is 5.27.